The Balaban J connectivity index is 2.27. The zero-order valence-corrected chi connectivity index (χ0v) is 8.72. The van der Waals surface area contributed by atoms with Crippen molar-refractivity contribution in [3.8, 4) is 11.8 Å². The minimum absolute atomic E-state index is 0.194. The summed E-state index contributed by atoms with van der Waals surface area (Å²) in [7, 11) is 1.73. The molecule has 0 aliphatic rings. The molecule has 0 amide bonds. The molecule has 84 valence electrons. The lowest BCUT2D eigenvalue weighted by atomic mass is 10.2. The van der Waals surface area contributed by atoms with Gasteiger partial charge in [0.1, 0.15) is 17.9 Å². The maximum Gasteiger partial charge on any atom is 0.340 e. The topological polar surface area (TPSA) is 66.0 Å². The van der Waals surface area contributed by atoms with Crippen LogP contribution < -0.4 is 10.5 Å². The molecule has 0 radical (unpaired) electrons. The number of rotatable bonds is 3. The maximum absolute atomic E-state index is 12.9. The van der Waals surface area contributed by atoms with Gasteiger partial charge in [-0.2, -0.15) is 4.98 Å². The molecular formula is C10H11FN4O. The second-order valence-electron chi connectivity index (χ2n) is 3.26. The van der Waals surface area contributed by atoms with Gasteiger partial charge < -0.3 is 10.5 Å². The maximum atomic E-state index is 12.9. The number of hydrogen-bond acceptors (Lipinski definition) is 4. The summed E-state index contributed by atoms with van der Waals surface area (Å²) in [6.07, 6.45) is 1.51. The summed E-state index contributed by atoms with van der Waals surface area (Å²) in [6.45, 7) is 0.194. The Labute approximate surface area is 91.7 Å². The zero-order chi connectivity index (χ0) is 11.5. The Kier molecular flexibility index (Phi) is 2.82. The molecule has 2 aromatic rings. The lowest BCUT2D eigenvalue weighted by Gasteiger charge is -2.06. The highest BCUT2D eigenvalue weighted by molar-refractivity contribution is 5.35. The number of ether oxygens (including phenoxy) is 1. The summed E-state index contributed by atoms with van der Waals surface area (Å²) in [5.41, 5.74) is 6.06. The second-order valence-corrected chi connectivity index (χ2v) is 3.26. The van der Waals surface area contributed by atoms with Crippen molar-refractivity contribution in [2.75, 3.05) is 0 Å². The molecule has 16 heavy (non-hydrogen) atoms. The molecule has 5 nitrogen and oxygen atoms in total. The van der Waals surface area contributed by atoms with Crippen LogP contribution in [0.15, 0.2) is 24.5 Å². The average molecular weight is 222 g/mol. The summed E-state index contributed by atoms with van der Waals surface area (Å²) in [5, 5.41) is 3.95. The fourth-order valence-electron chi connectivity index (χ4n) is 1.27. The number of halogens is 1. The van der Waals surface area contributed by atoms with Crippen molar-refractivity contribution in [3.63, 3.8) is 0 Å². The van der Waals surface area contributed by atoms with Crippen molar-refractivity contribution in [2.24, 2.45) is 12.8 Å². The van der Waals surface area contributed by atoms with E-state index in [1.54, 1.807) is 7.05 Å². The standard InChI is InChI=1S/C10H11FN4O/c1-15-6-13-10(14-15)16-9-3-2-8(11)4-7(9)5-12/h2-4,6H,5,12H2,1H3. The molecule has 6 heteroatoms. The van der Waals surface area contributed by atoms with Gasteiger partial charge >= 0.3 is 6.01 Å². The van der Waals surface area contributed by atoms with Crippen molar-refractivity contribution in [1.82, 2.24) is 14.8 Å². The van der Waals surface area contributed by atoms with Crippen LogP contribution in [-0.2, 0) is 13.6 Å². The Bertz CT molecular complexity index is 497. The van der Waals surface area contributed by atoms with Gasteiger partial charge in [0, 0.05) is 19.2 Å². The van der Waals surface area contributed by atoms with Gasteiger partial charge in [0.2, 0.25) is 0 Å². The van der Waals surface area contributed by atoms with Gasteiger partial charge in [-0.25, -0.2) is 4.39 Å². The van der Waals surface area contributed by atoms with Crippen molar-refractivity contribution < 1.29 is 9.13 Å². The molecule has 0 aliphatic heterocycles. The van der Waals surface area contributed by atoms with E-state index in [0.29, 0.717) is 11.3 Å². The first kappa shape index (κ1) is 10.6. The number of benzene rings is 1. The monoisotopic (exact) mass is 222 g/mol. The van der Waals surface area contributed by atoms with Gasteiger partial charge in [-0.3, -0.25) is 4.68 Å². The molecule has 0 bridgehead atoms. The quantitative estimate of drug-likeness (QED) is 0.847. The Morgan fingerprint density at radius 3 is 2.94 bits per heavy atom. The number of hydrogen-bond donors (Lipinski definition) is 1. The highest BCUT2D eigenvalue weighted by atomic mass is 19.1. The minimum Gasteiger partial charge on any atom is -0.423 e. The molecule has 1 heterocycles. The van der Waals surface area contributed by atoms with Crippen LogP contribution >= 0.6 is 0 Å². The van der Waals surface area contributed by atoms with Crippen LogP contribution in [0.5, 0.6) is 11.8 Å². The van der Waals surface area contributed by atoms with E-state index >= 15 is 0 Å². The van der Waals surface area contributed by atoms with Gasteiger partial charge in [-0.1, -0.05) is 0 Å². The third-order valence-corrected chi connectivity index (χ3v) is 2.02. The first-order chi connectivity index (χ1) is 7.69. The SMILES string of the molecule is Cn1cnc(Oc2ccc(F)cc2CN)n1. The fourth-order valence-corrected chi connectivity index (χ4v) is 1.27. The lowest BCUT2D eigenvalue weighted by molar-refractivity contribution is 0.432. The molecule has 0 aliphatic carbocycles. The smallest absolute Gasteiger partial charge is 0.340 e. The first-order valence-corrected chi connectivity index (χ1v) is 4.71. The highest BCUT2D eigenvalue weighted by Crippen LogP contribution is 2.23. The molecule has 2 N–H and O–H groups in total. The summed E-state index contributed by atoms with van der Waals surface area (Å²) >= 11 is 0. The van der Waals surface area contributed by atoms with Crippen LogP contribution in [0.4, 0.5) is 4.39 Å². The van der Waals surface area contributed by atoms with E-state index in [2.05, 4.69) is 10.1 Å². The van der Waals surface area contributed by atoms with Crippen molar-refractivity contribution in [2.45, 2.75) is 6.54 Å². The Hall–Kier alpha value is -1.95. The molecule has 0 atom stereocenters. The van der Waals surface area contributed by atoms with Crippen LogP contribution in [0.25, 0.3) is 0 Å². The number of nitrogens with zero attached hydrogens (tertiary/aromatic N) is 3. The summed E-state index contributed by atoms with van der Waals surface area (Å²) < 4.78 is 19.8. The van der Waals surface area contributed by atoms with Crippen LogP contribution in [0, 0.1) is 5.82 Å². The van der Waals surface area contributed by atoms with Crippen molar-refractivity contribution in [1.29, 1.82) is 0 Å². The first-order valence-electron chi connectivity index (χ1n) is 4.71. The molecule has 0 unspecified atom stereocenters. The van der Waals surface area contributed by atoms with E-state index in [9.17, 15) is 4.39 Å². The Morgan fingerprint density at radius 2 is 2.31 bits per heavy atom. The van der Waals surface area contributed by atoms with E-state index in [1.165, 1.54) is 29.2 Å². The number of aryl methyl sites for hydroxylation is 1. The molecule has 0 saturated heterocycles. The van der Waals surface area contributed by atoms with Crippen LogP contribution in [0.2, 0.25) is 0 Å². The van der Waals surface area contributed by atoms with Gasteiger partial charge in [-0.15, -0.1) is 5.10 Å². The zero-order valence-electron chi connectivity index (χ0n) is 8.72. The van der Waals surface area contributed by atoms with Gasteiger partial charge in [0.15, 0.2) is 0 Å². The third kappa shape index (κ3) is 2.17. The highest BCUT2D eigenvalue weighted by Gasteiger charge is 2.07. The molecule has 1 aromatic carbocycles. The van der Waals surface area contributed by atoms with E-state index in [0.717, 1.165) is 0 Å². The van der Waals surface area contributed by atoms with Crippen molar-refractivity contribution >= 4 is 0 Å². The molecule has 0 spiro atoms. The molecule has 2 rings (SSSR count). The van der Waals surface area contributed by atoms with Crippen molar-refractivity contribution in [3.05, 3.63) is 35.9 Å². The van der Waals surface area contributed by atoms with Crippen LogP contribution in [0.3, 0.4) is 0 Å². The van der Waals surface area contributed by atoms with Crippen LogP contribution in [0.1, 0.15) is 5.56 Å². The summed E-state index contributed by atoms with van der Waals surface area (Å²) in [4.78, 5) is 3.90. The average Bonchev–Trinajstić information content (AvgIpc) is 2.67. The number of aromatic nitrogens is 3. The predicted molar refractivity (Wildman–Crippen MR) is 55.4 cm³/mol. The van der Waals surface area contributed by atoms with E-state index in [-0.39, 0.29) is 18.4 Å². The van der Waals surface area contributed by atoms with Crippen LogP contribution in [-0.4, -0.2) is 14.8 Å². The normalized spacial score (nSPS) is 10.4. The Morgan fingerprint density at radius 1 is 1.50 bits per heavy atom. The van der Waals surface area contributed by atoms with E-state index in [1.807, 2.05) is 0 Å². The van der Waals surface area contributed by atoms with Gasteiger partial charge in [0.05, 0.1) is 0 Å². The lowest BCUT2D eigenvalue weighted by Crippen LogP contribution is -2.01. The molecule has 1 aromatic heterocycles. The number of nitrogens with two attached hydrogens (primary N) is 1. The minimum atomic E-state index is -0.346. The fraction of sp³-hybridized carbons (Fsp3) is 0.200. The predicted octanol–water partition coefficient (Wildman–Crippen LogP) is 1.21. The molecular weight excluding hydrogens is 211 g/mol. The largest absolute Gasteiger partial charge is 0.423 e. The third-order valence-electron chi connectivity index (χ3n) is 2.02. The summed E-state index contributed by atoms with van der Waals surface area (Å²) in [5.74, 6) is 0.122. The summed E-state index contributed by atoms with van der Waals surface area (Å²) in [6, 6.07) is 4.35. The van der Waals surface area contributed by atoms with Gasteiger partial charge in [-0.05, 0) is 18.2 Å². The van der Waals surface area contributed by atoms with Gasteiger partial charge in [0.25, 0.3) is 0 Å². The van der Waals surface area contributed by atoms with E-state index < -0.39 is 0 Å². The second kappa shape index (κ2) is 4.28. The van der Waals surface area contributed by atoms with E-state index in [4.69, 9.17) is 10.5 Å². The molecule has 0 saturated carbocycles. The molecule has 0 fully saturated rings.